The first-order valence-electron chi connectivity index (χ1n) is 5.97. The molecule has 0 aliphatic rings. The van der Waals surface area contributed by atoms with Crippen LogP contribution in [0.3, 0.4) is 0 Å². The molecule has 2 rings (SSSR count). The normalized spacial score (nSPS) is 12.2. The summed E-state index contributed by atoms with van der Waals surface area (Å²) >= 11 is 3.76. The molecular formula is C16H17BrO. The lowest BCUT2D eigenvalue weighted by Crippen LogP contribution is -1.94. The van der Waals surface area contributed by atoms with Gasteiger partial charge in [0.2, 0.25) is 0 Å². The monoisotopic (exact) mass is 304 g/mol. The predicted molar refractivity (Wildman–Crippen MR) is 79.7 cm³/mol. The van der Waals surface area contributed by atoms with Crippen LogP contribution >= 0.6 is 15.9 Å². The maximum Gasteiger partial charge on any atom is 0.118 e. The maximum atomic E-state index is 5.17. The minimum atomic E-state index is 0.225. The molecule has 0 saturated carbocycles. The van der Waals surface area contributed by atoms with Crippen molar-refractivity contribution >= 4 is 15.9 Å². The second-order valence-electron chi connectivity index (χ2n) is 4.48. The zero-order valence-corrected chi connectivity index (χ0v) is 12.5. The van der Waals surface area contributed by atoms with Crippen molar-refractivity contribution in [2.24, 2.45) is 0 Å². The van der Waals surface area contributed by atoms with Gasteiger partial charge in [0.1, 0.15) is 5.75 Å². The first-order valence-corrected chi connectivity index (χ1v) is 6.88. The number of alkyl halides is 1. The Morgan fingerprint density at radius 3 is 2.06 bits per heavy atom. The highest BCUT2D eigenvalue weighted by Gasteiger charge is 2.10. The molecule has 2 aromatic carbocycles. The van der Waals surface area contributed by atoms with Gasteiger partial charge in [0, 0.05) is 0 Å². The summed E-state index contributed by atoms with van der Waals surface area (Å²) in [4.78, 5) is 0.225. The average Bonchev–Trinajstić information content (AvgIpc) is 2.41. The fourth-order valence-corrected chi connectivity index (χ4v) is 2.48. The molecule has 94 valence electrons. The molecule has 2 heteroatoms. The van der Waals surface area contributed by atoms with Crippen LogP contribution in [0.4, 0.5) is 0 Å². The molecule has 1 nitrogen and oxygen atoms in total. The fraction of sp³-hybridized carbons (Fsp3) is 0.250. The summed E-state index contributed by atoms with van der Waals surface area (Å²) in [7, 11) is 1.68. The van der Waals surface area contributed by atoms with E-state index in [4.69, 9.17) is 4.74 Å². The summed E-state index contributed by atoms with van der Waals surface area (Å²) in [5.74, 6) is 0.888. The Morgan fingerprint density at radius 1 is 0.889 bits per heavy atom. The number of benzene rings is 2. The molecule has 0 bridgehead atoms. The fourth-order valence-electron chi connectivity index (χ4n) is 1.89. The van der Waals surface area contributed by atoms with E-state index < -0.39 is 0 Å². The molecule has 0 radical (unpaired) electrons. The first-order chi connectivity index (χ1) is 8.61. The van der Waals surface area contributed by atoms with Crippen molar-refractivity contribution in [1.29, 1.82) is 0 Å². The predicted octanol–water partition coefficient (Wildman–Crippen LogP) is 4.80. The molecule has 0 fully saturated rings. The summed E-state index contributed by atoms with van der Waals surface area (Å²) in [6.07, 6.45) is 0. The largest absolute Gasteiger partial charge is 0.497 e. The Bertz CT molecular complexity index is 531. The molecule has 1 atom stereocenters. The summed E-state index contributed by atoms with van der Waals surface area (Å²) in [5, 5.41) is 0. The molecule has 0 saturated heterocycles. The summed E-state index contributed by atoms with van der Waals surface area (Å²) < 4.78 is 5.17. The van der Waals surface area contributed by atoms with Gasteiger partial charge in [-0.2, -0.15) is 0 Å². The summed E-state index contributed by atoms with van der Waals surface area (Å²) in [6, 6.07) is 14.7. The lowest BCUT2D eigenvalue weighted by atomic mass is 10.0. The number of halogens is 1. The van der Waals surface area contributed by atoms with Gasteiger partial charge in [-0.1, -0.05) is 46.3 Å². The van der Waals surface area contributed by atoms with E-state index in [0.717, 1.165) is 5.75 Å². The Morgan fingerprint density at radius 2 is 1.50 bits per heavy atom. The minimum Gasteiger partial charge on any atom is -0.497 e. The van der Waals surface area contributed by atoms with Crippen molar-refractivity contribution in [1.82, 2.24) is 0 Å². The van der Waals surface area contributed by atoms with E-state index in [1.165, 1.54) is 22.3 Å². The number of hydrogen-bond acceptors (Lipinski definition) is 1. The van der Waals surface area contributed by atoms with Gasteiger partial charge in [0.15, 0.2) is 0 Å². The smallest absolute Gasteiger partial charge is 0.118 e. The van der Waals surface area contributed by atoms with Gasteiger partial charge in [-0.05, 0) is 48.2 Å². The summed E-state index contributed by atoms with van der Waals surface area (Å²) in [5.41, 5.74) is 5.17. The van der Waals surface area contributed by atoms with Gasteiger partial charge in [-0.25, -0.2) is 0 Å². The molecule has 0 aromatic heterocycles. The third-order valence-electron chi connectivity index (χ3n) is 3.23. The number of aryl methyl sites for hydroxylation is 2. The highest BCUT2D eigenvalue weighted by molar-refractivity contribution is 9.09. The molecule has 0 amide bonds. The van der Waals surface area contributed by atoms with Crippen LogP contribution in [0.15, 0.2) is 42.5 Å². The highest BCUT2D eigenvalue weighted by Crippen LogP contribution is 2.32. The van der Waals surface area contributed by atoms with Crippen LogP contribution in [0.25, 0.3) is 0 Å². The third-order valence-corrected chi connectivity index (χ3v) is 4.29. The van der Waals surface area contributed by atoms with Gasteiger partial charge in [0.05, 0.1) is 11.9 Å². The third kappa shape index (κ3) is 2.75. The van der Waals surface area contributed by atoms with Crippen LogP contribution < -0.4 is 4.74 Å². The topological polar surface area (TPSA) is 9.23 Å². The lowest BCUT2D eigenvalue weighted by molar-refractivity contribution is 0.414. The Kier molecular flexibility index (Phi) is 4.07. The van der Waals surface area contributed by atoms with E-state index in [0.29, 0.717) is 0 Å². The van der Waals surface area contributed by atoms with Crippen molar-refractivity contribution in [3.05, 3.63) is 64.7 Å². The standard InChI is InChI=1S/C16H17BrO/c1-11-4-5-14(10-12(11)2)16(17)13-6-8-15(18-3)9-7-13/h4-10,16H,1-3H3. The van der Waals surface area contributed by atoms with E-state index in [1.54, 1.807) is 7.11 Å². The number of hydrogen-bond donors (Lipinski definition) is 0. The second kappa shape index (κ2) is 5.57. The molecule has 0 N–H and O–H groups in total. The van der Waals surface area contributed by atoms with Crippen LogP contribution in [0.2, 0.25) is 0 Å². The van der Waals surface area contributed by atoms with E-state index in [1.807, 2.05) is 12.1 Å². The zero-order valence-electron chi connectivity index (χ0n) is 10.9. The van der Waals surface area contributed by atoms with Crippen LogP contribution in [-0.4, -0.2) is 7.11 Å². The molecule has 0 aliphatic carbocycles. The van der Waals surface area contributed by atoms with Crippen molar-refractivity contribution in [2.75, 3.05) is 7.11 Å². The Balaban J connectivity index is 2.28. The van der Waals surface area contributed by atoms with Crippen molar-refractivity contribution in [3.63, 3.8) is 0 Å². The number of rotatable bonds is 3. The SMILES string of the molecule is COc1ccc(C(Br)c2ccc(C)c(C)c2)cc1. The van der Waals surface area contributed by atoms with Crippen molar-refractivity contribution < 1.29 is 4.74 Å². The van der Waals surface area contributed by atoms with E-state index >= 15 is 0 Å². The van der Waals surface area contributed by atoms with E-state index in [2.05, 4.69) is 60.1 Å². The molecule has 18 heavy (non-hydrogen) atoms. The molecule has 2 aromatic rings. The zero-order chi connectivity index (χ0) is 13.1. The molecular weight excluding hydrogens is 288 g/mol. The molecule has 0 spiro atoms. The Hall–Kier alpha value is -1.28. The van der Waals surface area contributed by atoms with Gasteiger partial charge < -0.3 is 4.74 Å². The van der Waals surface area contributed by atoms with Crippen LogP contribution in [0.5, 0.6) is 5.75 Å². The van der Waals surface area contributed by atoms with E-state index in [-0.39, 0.29) is 4.83 Å². The molecule has 1 unspecified atom stereocenters. The van der Waals surface area contributed by atoms with Gasteiger partial charge in [-0.3, -0.25) is 0 Å². The highest BCUT2D eigenvalue weighted by atomic mass is 79.9. The number of methoxy groups -OCH3 is 1. The van der Waals surface area contributed by atoms with Crippen LogP contribution in [0, 0.1) is 13.8 Å². The van der Waals surface area contributed by atoms with Crippen molar-refractivity contribution in [3.8, 4) is 5.75 Å². The van der Waals surface area contributed by atoms with Gasteiger partial charge in [-0.15, -0.1) is 0 Å². The van der Waals surface area contributed by atoms with Crippen molar-refractivity contribution in [2.45, 2.75) is 18.7 Å². The van der Waals surface area contributed by atoms with Gasteiger partial charge >= 0.3 is 0 Å². The van der Waals surface area contributed by atoms with E-state index in [9.17, 15) is 0 Å². The maximum absolute atomic E-state index is 5.17. The van der Waals surface area contributed by atoms with Gasteiger partial charge in [0.25, 0.3) is 0 Å². The number of ether oxygens (including phenoxy) is 1. The first kappa shape index (κ1) is 13.2. The Labute approximate surface area is 117 Å². The molecule has 0 heterocycles. The quantitative estimate of drug-likeness (QED) is 0.740. The summed E-state index contributed by atoms with van der Waals surface area (Å²) in [6.45, 7) is 4.28. The molecule has 0 aliphatic heterocycles. The minimum absolute atomic E-state index is 0.225. The lowest BCUT2D eigenvalue weighted by Gasteiger charge is -2.13. The van der Waals surface area contributed by atoms with Crippen LogP contribution in [-0.2, 0) is 0 Å². The second-order valence-corrected chi connectivity index (χ2v) is 5.40. The van der Waals surface area contributed by atoms with Crippen LogP contribution in [0.1, 0.15) is 27.1 Å². The average molecular weight is 305 g/mol.